The topological polar surface area (TPSA) is 184 Å². The average molecular weight is 665 g/mol. The van der Waals surface area contributed by atoms with Gasteiger partial charge in [-0.15, -0.1) is 0 Å². The summed E-state index contributed by atoms with van der Waals surface area (Å²) >= 11 is 0. The minimum absolute atomic E-state index is 0.0774. The van der Waals surface area contributed by atoms with Gasteiger partial charge in [0.25, 0.3) is 0 Å². The van der Waals surface area contributed by atoms with E-state index in [1.807, 2.05) is 0 Å². The number of rotatable bonds is 22. The maximum absolute atomic E-state index is 12.8. The van der Waals surface area contributed by atoms with E-state index in [1.54, 1.807) is 0 Å². The largest absolute Gasteiger partial charge is 0.459 e. The Kier molecular flexibility index (Phi) is 17.2. The smallest absolute Gasteiger partial charge is 0.307 e. The fourth-order valence-electron chi connectivity index (χ4n) is 5.02. The first-order valence-electron chi connectivity index (χ1n) is 16.1. The van der Waals surface area contributed by atoms with E-state index in [-0.39, 0.29) is 30.2 Å². The van der Waals surface area contributed by atoms with Crippen LogP contribution in [0.3, 0.4) is 0 Å². The number of carbonyl (C=O) groups is 5. The number of ether oxygens (including phenoxy) is 5. The van der Waals surface area contributed by atoms with Crippen LogP contribution in [0.25, 0.3) is 0 Å². The van der Waals surface area contributed by atoms with Crippen LogP contribution in [0.5, 0.6) is 0 Å². The summed E-state index contributed by atoms with van der Waals surface area (Å²) in [5, 5.41) is 0. The molecule has 0 aliphatic carbocycles. The van der Waals surface area contributed by atoms with E-state index in [2.05, 4.69) is 16.9 Å². The van der Waals surface area contributed by atoms with Gasteiger partial charge in [-0.25, -0.2) is 9.97 Å². The highest BCUT2D eigenvalue weighted by atomic mass is 16.6. The first-order valence-corrected chi connectivity index (χ1v) is 16.1. The van der Waals surface area contributed by atoms with Gasteiger partial charge < -0.3 is 32.5 Å². The number of oxazole rings is 2. The fraction of sp³-hybridized carbons (Fsp3) is 0.667. The molecule has 0 radical (unpaired) electrons. The molecule has 0 saturated heterocycles. The average Bonchev–Trinajstić information content (AvgIpc) is 3.69. The van der Waals surface area contributed by atoms with Crippen molar-refractivity contribution >= 4 is 29.8 Å². The van der Waals surface area contributed by atoms with Crippen LogP contribution >= 0.6 is 0 Å². The number of hydrogen-bond donors (Lipinski definition) is 0. The summed E-state index contributed by atoms with van der Waals surface area (Å²) in [6.07, 6.45) is 7.63. The summed E-state index contributed by atoms with van der Waals surface area (Å²) in [5.41, 5.74) is 0.0774. The van der Waals surface area contributed by atoms with Crippen LogP contribution in [-0.2, 0) is 47.7 Å². The number of unbranched alkanes of at least 4 members (excludes halogenated alkanes) is 8. The number of esters is 5. The molecule has 0 aliphatic rings. The molecule has 2 heterocycles. The van der Waals surface area contributed by atoms with Gasteiger partial charge in [0.15, 0.2) is 24.4 Å². The minimum Gasteiger partial charge on any atom is -0.459 e. The zero-order chi connectivity index (χ0) is 34.8. The quantitative estimate of drug-likeness (QED) is 0.0808. The molecule has 0 fully saturated rings. The third-order valence-electron chi connectivity index (χ3n) is 7.09. The SMILES string of the molecule is CCCCCCCCCCCC(=O)OC(c1cnco1)c1nc(C(CC(OC(C)=O)C(OC(C)=O)C(C)OC(C)=O)OC(C)=O)co1. The molecule has 47 heavy (non-hydrogen) atoms. The first kappa shape index (κ1) is 39.0. The summed E-state index contributed by atoms with van der Waals surface area (Å²) in [4.78, 5) is 68.9. The second kappa shape index (κ2) is 20.8. The zero-order valence-corrected chi connectivity index (χ0v) is 28.2. The maximum Gasteiger partial charge on any atom is 0.307 e. The molecular formula is C33H48N2O12. The van der Waals surface area contributed by atoms with E-state index in [0.29, 0.717) is 6.42 Å². The van der Waals surface area contributed by atoms with E-state index < -0.39 is 60.4 Å². The van der Waals surface area contributed by atoms with E-state index in [4.69, 9.17) is 32.5 Å². The number of nitrogens with zero attached hydrogens (tertiary/aromatic N) is 2. The highest BCUT2D eigenvalue weighted by Gasteiger charge is 2.38. The van der Waals surface area contributed by atoms with Gasteiger partial charge in [0.05, 0.1) is 6.20 Å². The molecule has 0 aromatic carbocycles. The van der Waals surface area contributed by atoms with Crippen molar-refractivity contribution in [1.82, 2.24) is 9.97 Å². The summed E-state index contributed by atoms with van der Waals surface area (Å²) in [7, 11) is 0. The molecule has 0 N–H and O–H groups in total. The minimum atomic E-state index is -1.26. The Labute approximate surface area is 275 Å². The molecule has 2 rings (SSSR count). The highest BCUT2D eigenvalue weighted by molar-refractivity contribution is 5.70. The maximum atomic E-state index is 12.8. The highest BCUT2D eigenvalue weighted by Crippen LogP contribution is 2.32. The van der Waals surface area contributed by atoms with Crippen LogP contribution in [0.1, 0.15) is 142 Å². The molecule has 0 aliphatic heterocycles. The van der Waals surface area contributed by atoms with Gasteiger partial charge >= 0.3 is 29.8 Å². The van der Waals surface area contributed by atoms with Crippen LogP contribution in [0, 0.1) is 0 Å². The van der Waals surface area contributed by atoms with E-state index in [9.17, 15) is 24.0 Å². The van der Waals surface area contributed by atoms with Gasteiger partial charge in [-0.3, -0.25) is 24.0 Å². The van der Waals surface area contributed by atoms with Crippen molar-refractivity contribution in [2.75, 3.05) is 0 Å². The van der Waals surface area contributed by atoms with Crippen molar-refractivity contribution in [3.63, 3.8) is 0 Å². The van der Waals surface area contributed by atoms with Gasteiger partial charge in [0.1, 0.15) is 24.2 Å². The number of carbonyl (C=O) groups excluding carboxylic acids is 5. The van der Waals surface area contributed by atoms with Gasteiger partial charge in [-0.05, 0) is 13.3 Å². The van der Waals surface area contributed by atoms with Crippen LogP contribution in [-0.4, -0.2) is 58.1 Å². The normalized spacial score (nSPS) is 14.3. The standard InChI is InChI=1S/C33H48N2O12/c1-7-8-9-10-11-12-13-14-15-16-30(40)47-32(29-18-34-20-42-29)33-35-26(19-41-33)27(44-23(4)37)17-28(45-24(5)38)31(46-25(6)39)21(2)43-22(3)36/h18-21,27-28,31-32H,7-17H2,1-6H3. The Morgan fingerprint density at radius 3 is 1.89 bits per heavy atom. The van der Waals surface area contributed by atoms with E-state index >= 15 is 0 Å². The van der Waals surface area contributed by atoms with Crippen molar-refractivity contribution in [3.05, 3.63) is 36.2 Å². The van der Waals surface area contributed by atoms with Crippen molar-refractivity contribution < 1.29 is 56.5 Å². The molecule has 2 aromatic rings. The van der Waals surface area contributed by atoms with Crippen LogP contribution in [0.4, 0.5) is 0 Å². The van der Waals surface area contributed by atoms with Crippen LogP contribution in [0.15, 0.2) is 27.7 Å². The lowest BCUT2D eigenvalue weighted by molar-refractivity contribution is -0.185. The third kappa shape index (κ3) is 14.8. The Morgan fingerprint density at radius 2 is 1.34 bits per heavy atom. The fourth-order valence-corrected chi connectivity index (χ4v) is 5.02. The monoisotopic (exact) mass is 664 g/mol. The molecule has 14 heteroatoms. The molecule has 0 amide bonds. The predicted octanol–water partition coefficient (Wildman–Crippen LogP) is 6.03. The van der Waals surface area contributed by atoms with Crippen LogP contribution < -0.4 is 0 Å². The Morgan fingerprint density at radius 1 is 0.745 bits per heavy atom. The summed E-state index contributed by atoms with van der Waals surface area (Å²) < 4.78 is 38.3. The molecule has 2 aromatic heterocycles. The number of aromatic nitrogens is 2. The molecule has 0 saturated carbocycles. The molecule has 5 unspecified atom stereocenters. The lowest BCUT2D eigenvalue weighted by Crippen LogP contribution is -2.44. The zero-order valence-electron chi connectivity index (χ0n) is 28.2. The summed E-state index contributed by atoms with van der Waals surface area (Å²) in [5.74, 6) is -3.21. The van der Waals surface area contributed by atoms with E-state index in [1.165, 1.54) is 71.7 Å². The molecule has 5 atom stereocenters. The van der Waals surface area contributed by atoms with Gasteiger partial charge in [0, 0.05) is 40.5 Å². The Balaban J connectivity index is 2.21. The van der Waals surface area contributed by atoms with Gasteiger partial charge in [-0.2, -0.15) is 0 Å². The molecule has 0 bridgehead atoms. The van der Waals surface area contributed by atoms with E-state index in [0.717, 1.165) is 33.1 Å². The Hall–Kier alpha value is -4.23. The van der Waals surface area contributed by atoms with Crippen molar-refractivity contribution in [1.29, 1.82) is 0 Å². The second-order valence-electron chi connectivity index (χ2n) is 11.3. The lowest BCUT2D eigenvalue weighted by Gasteiger charge is -2.31. The van der Waals surface area contributed by atoms with Crippen molar-refractivity contribution in [2.45, 2.75) is 143 Å². The molecule has 14 nitrogen and oxygen atoms in total. The van der Waals surface area contributed by atoms with Crippen LogP contribution in [0.2, 0.25) is 0 Å². The lowest BCUT2D eigenvalue weighted by atomic mass is 10.0. The summed E-state index contributed by atoms with van der Waals surface area (Å²) in [6, 6.07) is 0. The number of hydrogen-bond acceptors (Lipinski definition) is 14. The molecule has 262 valence electrons. The third-order valence-corrected chi connectivity index (χ3v) is 7.09. The molecular weight excluding hydrogens is 616 g/mol. The second-order valence-corrected chi connectivity index (χ2v) is 11.3. The Bertz CT molecular complexity index is 1260. The van der Waals surface area contributed by atoms with Gasteiger partial charge in [-0.1, -0.05) is 58.3 Å². The molecule has 0 spiro atoms. The first-order chi connectivity index (χ1) is 22.4. The van der Waals surface area contributed by atoms with Crippen molar-refractivity contribution in [2.24, 2.45) is 0 Å². The predicted molar refractivity (Wildman–Crippen MR) is 164 cm³/mol. The van der Waals surface area contributed by atoms with Gasteiger partial charge in [0.2, 0.25) is 12.0 Å². The summed E-state index contributed by atoms with van der Waals surface area (Å²) in [6.45, 7) is 8.29. The van der Waals surface area contributed by atoms with Crippen molar-refractivity contribution in [3.8, 4) is 0 Å².